The van der Waals surface area contributed by atoms with Gasteiger partial charge in [0, 0.05) is 12.8 Å². The Morgan fingerprint density at radius 2 is 0.658 bits per heavy atom. The molecule has 0 aromatic heterocycles. The number of unbranched alkanes of at least 4 members (excludes halogenated alkanes) is 47. The van der Waals surface area contributed by atoms with E-state index in [-0.39, 0.29) is 18.5 Å². The van der Waals surface area contributed by atoms with Gasteiger partial charge in [-0.2, -0.15) is 0 Å². The highest BCUT2D eigenvalue weighted by Crippen LogP contribution is 2.18. The minimum absolute atomic E-state index is 0.00714. The van der Waals surface area contributed by atoms with Gasteiger partial charge in [0.25, 0.3) is 0 Å². The molecule has 0 aromatic carbocycles. The van der Waals surface area contributed by atoms with Gasteiger partial charge < -0.3 is 20.3 Å². The number of hydrogen-bond acceptors (Lipinski definition) is 5. The van der Waals surface area contributed by atoms with E-state index >= 15 is 0 Å². The molecule has 6 nitrogen and oxygen atoms in total. The van der Waals surface area contributed by atoms with E-state index in [1.54, 1.807) is 0 Å². The predicted octanol–water partition coefficient (Wildman–Crippen LogP) is 21.9. The van der Waals surface area contributed by atoms with Gasteiger partial charge in [-0.05, 0) is 83.5 Å². The number of carbonyl (C=O) groups excluding carboxylic acids is 2. The first-order chi connectivity index (χ1) is 37.5. The number of carbonyl (C=O) groups is 2. The van der Waals surface area contributed by atoms with Gasteiger partial charge in [-0.25, -0.2) is 0 Å². The van der Waals surface area contributed by atoms with E-state index in [1.807, 2.05) is 0 Å². The highest BCUT2D eigenvalue weighted by atomic mass is 16.5. The lowest BCUT2D eigenvalue weighted by Gasteiger charge is -2.22. The van der Waals surface area contributed by atoms with Crippen LogP contribution in [0.25, 0.3) is 0 Å². The van der Waals surface area contributed by atoms with Crippen LogP contribution in [0, 0.1) is 0 Å². The number of amides is 1. The highest BCUT2D eigenvalue weighted by molar-refractivity contribution is 5.76. The van der Waals surface area contributed by atoms with Gasteiger partial charge in [-0.3, -0.25) is 9.59 Å². The predicted molar refractivity (Wildman–Crippen MR) is 333 cm³/mol. The molecule has 0 bridgehead atoms. The first kappa shape index (κ1) is 74.1. The Labute approximate surface area is 474 Å². The maximum Gasteiger partial charge on any atom is 0.305 e. The fraction of sp³-hybridized carbons (Fsp3) is 0.886. The molecule has 0 aliphatic heterocycles. The number of esters is 1. The quantitative estimate of drug-likeness (QED) is 0.0320. The van der Waals surface area contributed by atoms with Gasteiger partial charge in [-0.1, -0.05) is 314 Å². The van der Waals surface area contributed by atoms with Crippen LogP contribution in [0.3, 0.4) is 0 Å². The van der Waals surface area contributed by atoms with Crippen LogP contribution < -0.4 is 5.32 Å². The van der Waals surface area contributed by atoms with Crippen LogP contribution in [0.4, 0.5) is 0 Å². The third kappa shape index (κ3) is 61.3. The average molecular weight is 1070 g/mol. The third-order valence-electron chi connectivity index (χ3n) is 15.9. The van der Waals surface area contributed by atoms with Crippen molar-refractivity contribution in [3.8, 4) is 0 Å². The van der Waals surface area contributed by atoms with Crippen molar-refractivity contribution in [2.24, 2.45) is 0 Å². The Morgan fingerprint density at radius 3 is 1.01 bits per heavy atom. The molecule has 0 aliphatic carbocycles. The number of rotatable bonds is 64. The summed E-state index contributed by atoms with van der Waals surface area (Å²) in [6, 6.07) is -0.550. The molecule has 0 radical (unpaired) electrons. The van der Waals surface area contributed by atoms with Gasteiger partial charge in [0.15, 0.2) is 0 Å². The zero-order valence-electron chi connectivity index (χ0n) is 51.3. The Morgan fingerprint density at radius 1 is 0.368 bits per heavy atom. The summed E-state index contributed by atoms with van der Waals surface area (Å²) in [5.41, 5.74) is 0. The fourth-order valence-corrected chi connectivity index (χ4v) is 10.7. The summed E-state index contributed by atoms with van der Waals surface area (Å²) in [5.74, 6) is -0.0358. The molecule has 1 amide bonds. The Hall–Kier alpha value is -1.92. The molecule has 6 heteroatoms. The topological polar surface area (TPSA) is 95.9 Å². The molecule has 0 heterocycles. The van der Waals surface area contributed by atoms with Gasteiger partial charge in [0.2, 0.25) is 5.91 Å². The molecule has 76 heavy (non-hydrogen) atoms. The zero-order valence-corrected chi connectivity index (χ0v) is 51.3. The van der Waals surface area contributed by atoms with Crippen LogP contribution in [0.1, 0.15) is 373 Å². The van der Waals surface area contributed by atoms with Crippen LogP contribution in [-0.4, -0.2) is 47.4 Å². The molecular formula is C70H133NO5. The van der Waals surface area contributed by atoms with Crippen molar-refractivity contribution in [1.82, 2.24) is 5.32 Å². The molecule has 0 spiro atoms. The van der Waals surface area contributed by atoms with Crippen molar-refractivity contribution in [3.63, 3.8) is 0 Å². The van der Waals surface area contributed by atoms with Crippen molar-refractivity contribution in [3.05, 3.63) is 36.5 Å². The molecule has 0 saturated carbocycles. The summed E-state index contributed by atoms with van der Waals surface area (Å²) in [5, 5.41) is 23.3. The van der Waals surface area contributed by atoms with E-state index in [1.165, 1.54) is 283 Å². The molecule has 0 rings (SSSR count). The average Bonchev–Trinajstić information content (AvgIpc) is 3.42. The van der Waals surface area contributed by atoms with E-state index in [2.05, 4.69) is 55.6 Å². The molecule has 0 fully saturated rings. The molecule has 0 saturated heterocycles. The van der Waals surface area contributed by atoms with E-state index in [0.29, 0.717) is 25.9 Å². The van der Waals surface area contributed by atoms with Crippen molar-refractivity contribution in [2.45, 2.75) is 386 Å². The van der Waals surface area contributed by atoms with E-state index in [9.17, 15) is 19.8 Å². The molecule has 0 aliphatic rings. The van der Waals surface area contributed by atoms with Crippen molar-refractivity contribution in [1.29, 1.82) is 0 Å². The number of nitrogens with one attached hydrogen (secondary N) is 1. The second-order valence-corrected chi connectivity index (χ2v) is 23.5. The fourth-order valence-electron chi connectivity index (χ4n) is 10.7. The van der Waals surface area contributed by atoms with E-state index < -0.39 is 12.1 Å². The van der Waals surface area contributed by atoms with Gasteiger partial charge >= 0.3 is 5.97 Å². The summed E-state index contributed by atoms with van der Waals surface area (Å²) in [7, 11) is 0. The normalized spacial score (nSPS) is 12.7. The minimum atomic E-state index is -0.672. The third-order valence-corrected chi connectivity index (χ3v) is 15.9. The van der Waals surface area contributed by atoms with Crippen LogP contribution in [0.15, 0.2) is 36.5 Å². The zero-order chi connectivity index (χ0) is 55.0. The van der Waals surface area contributed by atoms with Gasteiger partial charge in [0.1, 0.15) is 0 Å². The highest BCUT2D eigenvalue weighted by Gasteiger charge is 2.20. The van der Waals surface area contributed by atoms with Crippen molar-refractivity contribution >= 4 is 11.9 Å². The minimum Gasteiger partial charge on any atom is -0.466 e. The van der Waals surface area contributed by atoms with Crippen LogP contribution >= 0.6 is 0 Å². The summed E-state index contributed by atoms with van der Waals surface area (Å²) in [6.45, 7) is 4.97. The smallest absolute Gasteiger partial charge is 0.305 e. The van der Waals surface area contributed by atoms with Gasteiger partial charge in [-0.15, -0.1) is 0 Å². The molecule has 2 atom stereocenters. The maximum absolute atomic E-state index is 12.5. The molecule has 448 valence electrons. The first-order valence-electron chi connectivity index (χ1n) is 34.2. The lowest BCUT2D eigenvalue weighted by atomic mass is 10.0. The second kappa shape index (κ2) is 65.6. The van der Waals surface area contributed by atoms with Crippen molar-refractivity contribution in [2.75, 3.05) is 13.2 Å². The summed E-state index contributed by atoms with van der Waals surface area (Å²) in [4.78, 5) is 24.6. The number of aliphatic hydroxyl groups excluding tert-OH is 2. The number of allylic oxidation sites excluding steroid dienone is 6. The van der Waals surface area contributed by atoms with Crippen LogP contribution in [0.5, 0.6) is 0 Å². The molecular weight excluding hydrogens is 935 g/mol. The molecule has 0 aromatic rings. The van der Waals surface area contributed by atoms with Crippen molar-refractivity contribution < 1.29 is 24.5 Å². The SMILES string of the molecule is CCCCCCCC/C=C\CCCCCCCCCCCC(=O)OCCCCCCCCCCC/C=C\C/C=C\CCCCCCCCCC(=O)NC(CO)C(O)CCCCCCCCCCCCCCCCCCC. The molecule has 3 N–H and O–H groups in total. The summed E-state index contributed by atoms with van der Waals surface area (Å²) >= 11 is 0. The van der Waals surface area contributed by atoms with Gasteiger partial charge in [0.05, 0.1) is 25.4 Å². The monoisotopic (exact) mass is 1070 g/mol. The van der Waals surface area contributed by atoms with Crippen LogP contribution in [-0.2, 0) is 14.3 Å². The Kier molecular flexibility index (Phi) is 63.9. The lowest BCUT2D eigenvalue weighted by molar-refractivity contribution is -0.143. The van der Waals surface area contributed by atoms with E-state index in [0.717, 1.165) is 57.8 Å². The number of ether oxygens (including phenoxy) is 1. The second-order valence-electron chi connectivity index (χ2n) is 23.5. The standard InChI is InChI=1S/C70H133NO5/c1-3-5-7-9-11-13-15-17-19-21-27-32-36-40-44-48-52-56-60-64-70(75)76-65-61-57-53-49-45-41-37-33-29-26-24-22-23-25-28-31-35-39-43-47-51-55-59-63-69(74)71-67(66-72)68(73)62-58-54-50-46-42-38-34-30-20-18-16-14-12-10-8-6-4-2/h17,19,22,24-25,28,67-68,72-73H,3-16,18,20-21,23,26-27,29-66H2,1-2H3,(H,71,74)/b19-17-,24-22-,28-25-. The molecule has 2 unspecified atom stereocenters. The van der Waals surface area contributed by atoms with E-state index in [4.69, 9.17) is 4.74 Å². The maximum atomic E-state index is 12.5. The summed E-state index contributed by atoms with van der Waals surface area (Å²) in [6.07, 6.45) is 83.2. The number of hydrogen-bond donors (Lipinski definition) is 3. The summed E-state index contributed by atoms with van der Waals surface area (Å²) < 4.78 is 5.50. The van der Waals surface area contributed by atoms with Crippen LogP contribution in [0.2, 0.25) is 0 Å². The largest absolute Gasteiger partial charge is 0.466 e. The Balaban J connectivity index is 3.43. The first-order valence-corrected chi connectivity index (χ1v) is 34.2. The lowest BCUT2D eigenvalue weighted by Crippen LogP contribution is -2.45. The Bertz CT molecular complexity index is 1230. The number of aliphatic hydroxyl groups is 2.